The summed E-state index contributed by atoms with van der Waals surface area (Å²) in [5.41, 5.74) is 1.88. The maximum absolute atomic E-state index is 9.10. The van der Waals surface area contributed by atoms with E-state index in [2.05, 4.69) is 15.5 Å². The van der Waals surface area contributed by atoms with Crippen LogP contribution < -0.4 is 14.8 Å². The molecule has 182 valence electrons. The minimum Gasteiger partial charge on any atom is -0.497 e. The van der Waals surface area contributed by atoms with Crippen LogP contribution in [-0.2, 0) is 9.59 Å². The van der Waals surface area contributed by atoms with Gasteiger partial charge in [-0.25, -0.2) is 9.59 Å². The second-order valence-corrected chi connectivity index (χ2v) is 7.57. The lowest BCUT2D eigenvalue weighted by atomic mass is 10.2. The number of aliphatic carboxylic acids is 2. The van der Waals surface area contributed by atoms with Gasteiger partial charge >= 0.3 is 11.9 Å². The molecule has 0 fully saturated rings. The van der Waals surface area contributed by atoms with Gasteiger partial charge in [-0.2, -0.15) is 0 Å². The predicted octanol–water partition coefficient (Wildman–Crippen LogP) is 1.78. The van der Waals surface area contributed by atoms with Crippen LogP contribution in [0.15, 0.2) is 53.7 Å². The van der Waals surface area contributed by atoms with Gasteiger partial charge in [0, 0.05) is 30.1 Å². The van der Waals surface area contributed by atoms with Gasteiger partial charge in [0.1, 0.15) is 11.5 Å². The van der Waals surface area contributed by atoms with Crippen LogP contribution in [0.3, 0.4) is 0 Å². The molecule has 2 aromatic carbocycles. The molecule has 1 aromatic heterocycles. The lowest BCUT2D eigenvalue weighted by Gasteiger charge is -2.12. The van der Waals surface area contributed by atoms with Crippen molar-refractivity contribution < 1.29 is 34.4 Å². The molecule has 0 radical (unpaired) electrons. The van der Waals surface area contributed by atoms with Crippen LogP contribution in [0.4, 0.5) is 0 Å². The van der Waals surface area contributed by atoms with E-state index in [-0.39, 0.29) is 6.61 Å². The fraction of sp³-hybridized carbons (Fsp3) is 0.273. The topological polar surface area (TPSA) is 156 Å². The lowest BCUT2D eigenvalue weighted by molar-refractivity contribution is -0.159. The van der Waals surface area contributed by atoms with E-state index in [4.69, 9.17) is 34.4 Å². The molecule has 0 aliphatic rings. The van der Waals surface area contributed by atoms with E-state index in [0.29, 0.717) is 6.54 Å². The number of benzene rings is 2. The first kappa shape index (κ1) is 26.6. The van der Waals surface area contributed by atoms with Gasteiger partial charge in [0.05, 0.1) is 20.8 Å². The molecule has 1 heterocycles. The summed E-state index contributed by atoms with van der Waals surface area (Å²) >= 11 is 1.61. The summed E-state index contributed by atoms with van der Waals surface area (Å²) in [5, 5.41) is 36.5. The Hall–Kier alpha value is -3.61. The molecule has 0 aliphatic carbocycles. The Morgan fingerprint density at radius 2 is 1.65 bits per heavy atom. The number of nitrogens with zero attached hydrogens (tertiary/aromatic N) is 3. The highest BCUT2D eigenvalue weighted by molar-refractivity contribution is 7.99. The number of hydrogen-bond acceptors (Lipinski definition) is 9. The van der Waals surface area contributed by atoms with Crippen LogP contribution in [0.5, 0.6) is 11.5 Å². The number of carboxylic acids is 2. The van der Waals surface area contributed by atoms with Gasteiger partial charge in [0.15, 0.2) is 11.0 Å². The number of methoxy groups -OCH3 is 2. The molecule has 3 aromatic rings. The van der Waals surface area contributed by atoms with Gasteiger partial charge in [-0.3, -0.25) is 4.57 Å². The third-order valence-corrected chi connectivity index (χ3v) is 5.20. The Balaban J connectivity index is 0.000000604. The zero-order valence-corrected chi connectivity index (χ0v) is 19.5. The lowest BCUT2D eigenvalue weighted by Crippen LogP contribution is -2.20. The van der Waals surface area contributed by atoms with Crippen LogP contribution in [-0.4, -0.2) is 81.7 Å². The number of aliphatic hydroxyl groups excluding tert-OH is 1. The Labute approximate surface area is 200 Å². The number of thioether (sulfide) groups is 1. The van der Waals surface area contributed by atoms with Crippen molar-refractivity contribution in [2.75, 3.05) is 39.7 Å². The molecule has 0 bridgehead atoms. The first-order valence-corrected chi connectivity index (χ1v) is 11.0. The summed E-state index contributed by atoms with van der Waals surface area (Å²) in [6.07, 6.45) is 0. The van der Waals surface area contributed by atoms with Crippen molar-refractivity contribution >= 4 is 23.7 Å². The predicted molar refractivity (Wildman–Crippen MR) is 126 cm³/mol. The van der Waals surface area contributed by atoms with E-state index in [1.807, 2.05) is 53.1 Å². The first-order valence-electron chi connectivity index (χ1n) is 10.1. The number of rotatable bonds is 10. The van der Waals surface area contributed by atoms with Crippen LogP contribution in [0.1, 0.15) is 0 Å². The number of carbonyl (C=O) groups is 2. The number of carboxylic acid groups (broad SMARTS) is 2. The zero-order chi connectivity index (χ0) is 24.9. The molecule has 0 amide bonds. The number of aromatic nitrogens is 3. The van der Waals surface area contributed by atoms with Crippen molar-refractivity contribution in [1.82, 2.24) is 20.1 Å². The highest BCUT2D eigenvalue weighted by Gasteiger charge is 2.16. The minimum atomic E-state index is -1.82. The highest BCUT2D eigenvalue weighted by Crippen LogP contribution is 2.30. The standard InChI is InChI=1S/C20H24N4O3S.C2H2O4/c1-26-17-8-6-16(7-9-17)24-19(15-4-3-5-18(14-15)27-2)22-23-20(24)28-13-11-21-10-12-25;3-1(4)2(5)6/h3-9,14,21,25H,10-13H2,1-2H3;(H,3,4)(H,5,6). The zero-order valence-electron chi connectivity index (χ0n) is 18.7. The Morgan fingerprint density at radius 3 is 2.24 bits per heavy atom. The highest BCUT2D eigenvalue weighted by atomic mass is 32.2. The molecular formula is C22H26N4O7S. The molecule has 11 nitrogen and oxygen atoms in total. The summed E-state index contributed by atoms with van der Waals surface area (Å²) in [6, 6.07) is 15.6. The van der Waals surface area contributed by atoms with Crippen molar-refractivity contribution in [3.8, 4) is 28.6 Å². The van der Waals surface area contributed by atoms with E-state index in [9.17, 15) is 0 Å². The number of aliphatic hydroxyl groups is 1. The average molecular weight is 491 g/mol. The van der Waals surface area contributed by atoms with Crippen molar-refractivity contribution in [1.29, 1.82) is 0 Å². The second kappa shape index (κ2) is 13.8. The van der Waals surface area contributed by atoms with Crippen molar-refractivity contribution in [3.05, 3.63) is 48.5 Å². The SMILES string of the molecule is COc1ccc(-n2c(SCCNCCO)nnc2-c2cccc(OC)c2)cc1.O=C(O)C(=O)O. The number of nitrogens with one attached hydrogen (secondary N) is 1. The van der Waals surface area contributed by atoms with Crippen LogP contribution in [0.2, 0.25) is 0 Å². The molecule has 0 saturated heterocycles. The fourth-order valence-corrected chi connectivity index (χ4v) is 3.54. The van der Waals surface area contributed by atoms with Crippen molar-refractivity contribution in [3.63, 3.8) is 0 Å². The Kier molecular flexibility index (Phi) is 10.8. The molecule has 0 atom stereocenters. The van der Waals surface area contributed by atoms with E-state index in [0.717, 1.165) is 46.0 Å². The summed E-state index contributed by atoms with van der Waals surface area (Å²) in [5.74, 6) is -0.530. The van der Waals surface area contributed by atoms with Gasteiger partial charge < -0.3 is 30.1 Å². The normalized spacial score (nSPS) is 10.2. The van der Waals surface area contributed by atoms with E-state index < -0.39 is 11.9 Å². The molecular weight excluding hydrogens is 464 g/mol. The van der Waals surface area contributed by atoms with E-state index >= 15 is 0 Å². The summed E-state index contributed by atoms with van der Waals surface area (Å²) < 4.78 is 12.7. The molecule has 0 saturated carbocycles. The maximum atomic E-state index is 9.10. The summed E-state index contributed by atoms with van der Waals surface area (Å²) in [4.78, 5) is 18.2. The molecule has 4 N–H and O–H groups in total. The van der Waals surface area contributed by atoms with Crippen molar-refractivity contribution in [2.24, 2.45) is 0 Å². The Morgan fingerprint density at radius 1 is 0.971 bits per heavy atom. The van der Waals surface area contributed by atoms with Gasteiger partial charge in [-0.1, -0.05) is 23.9 Å². The average Bonchev–Trinajstić information content (AvgIpc) is 3.28. The fourth-order valence-electron chi connectivity index (χ4n) is 2.70. The third-order valence-electron chi connectivity index (χ3n) is 4.27. The molecule has 3 rings (SSSR count). The van der Waals surface area contributed by atoms with Crippen LogP contribution >= 0.6 is 11.8 Å². The molecule has 0 unspecified atom stereocenters. The monoisotopic (exact) mass is 490 g/mol. The molecule has 0 aliphatic heterocycles. The molecule has 34 heavy (non-hydrogen) atoms. The summed E-state index contributed by atoms with van der Waals surface area (Å²) in [6.45, 7) is 1.49. The van der Waals surface area contributed by atoms with Gasteiger partial charge in [-0.15, -0.1) is 10.2 Å². The smallest absolute Gasteiger partial charge is 0.414 e. The third kappa shape index (κ3) is 7.76. The van der Waals surface area contributed by atoms with Gasteiger partial charge in [0.25, 0.3) is 0 Å². The van der Waals surface area contributed by atoms with E-state index in [1.54, 1.807) is 26.0 Å². The number of hydrogen-bond donors (Lipinski definition) is 4. The summed E-state index contributed by atoms with van der Waals surface area (Å²) in [7, 11) is 3.30. The van der Waals surface area contributed by atoms with Gasteiger partial charge in [-0.05, 0) is 36.4 Å². The molecule has 12 heteroatoms. The minimum absolute atomic E-state index is 0.132. The molecule has 0 spiro atoms. The maximum Gasteiger partial charge on any atom is 0.414 e. The van der Waals surface area contributed by atoms with E-state index in [1.165, 1.54) is 0 Å². The van der Waals surface area contributed by atoms with Crippen LogP contribution in [0, 0.1) is 0 Å². The number of ether oxygens (including phenoxy) is 2. The largest absolute Gasteiger partial charge is 0.497 e. The quantitative estimate of drug-likeness (QED) is 0.187. The van der Waals surface area contributed by atoms with Crippen molar-refractivity contribution in [2.45, 2.75) is 5.16 Å². The van der Waals surface area contributed by atoms with Crippen LogP contribution in [0.25, 0.3) is 17.1 Å². The second-order valence-electron chi connectivity index (χ2n) is 6.50. The van der Waals surface area contributed by atoms with Gasteiger partial charge in [0.2, 0.25) is 0 Å². The Bertz CT molecular complexity index is 1060. The first-order chi connectivity index (χ1) is 16.4.